The maximum absolute atomic E-state index is 12.6. The summed E-state index contributed by atoms with van der Waals surface area (Å²) >= 11 is 0. The summed E-state index contributed by atoms with van der Waals surface area (Å²) < 4.78 is 13.1. The molecule has 7 nitrogen and oxygen atoms in total. The van der Waals surface area contributed by atoms with Crippen molar-refractivity contribution in [2.45, 2.75) is 45.9 Å². The maximum Gasteiger partial charge on any atom is 0.317 e. The number of amides is 2. The van der Waals surface area contributed by atoms with Gasteiger partial charge in [-0.1, -0.05) is 18.2 Å². The van der Waals surface area contributed by atoms with E-state index in [-0.39, 0.29) is 12.1 Å². The first-order valence-electron chi connectivity index (χ1n) is 9.84. The topological polar surface area (TPSA) is 68.6 Å². The van der Waals surface area contributed by atoms with Crippen LogP contribution in [0.25, 0.3) is 0 Å². The Morgan fingerprint density at radius 2 is 1.93 bits per heavy atom. The third kappa shape index (κ3) is 5.04. The Hall–Kier alpha value is -2.54. The molecule has 28 heavy (non-hydrogen) atoms. The van der Waals surface area contributed by atoms with Crippen molar-refractivity contribution in [3.8, 4) is 5.75 Å². The average Bonchev–Trinajstić information content (AvgIpc) is 2.98. The number of urea groups is 1. The van der Waals surface area contributed by atoms with Crippen molar-refractivity contribution in [2.75, 3.05) is 26.8 Å². The van der Waals surface area contributed by atoms with Crippen LogP contribution in [0.2, 0.25) is 0 Å². The third-order valence-electron chi connectivity index (χ3n) is 5.23. The highest BCUT2D eigenvalue weighted by molar-refractivity contribution is 5.74. The molecule has 1 aliphatic heterocycles. The quantitative estimate of drug-likeness (QED) is 0.794. The van der Waals surface area contributed by atoms with Gasteiger partial charge in [-0.15, -0.1) is 0 Å². The molecule has 0 aliphatic carbocycles. The number of hydrogen-bond donors (Lipinski definition) is 1. The fourth-order valence-electron chi connectivity index (χ4n) is 3.53. The minimum atomic E-state index is -0.0263. The molecule has 0 radical (unpaired) electrons. The molecule has 1 fully saturated rings. The van der Waals surface area contributed by atoms with E-state index in [0.29, 0.717) is 32.8 Å². The Morgan fingerprint density at radius 3 is 2.61 bits per heavy atom. The Balaban J connectivity index is 1.47. The number of ether oxygens (including phenoxy) is 2. The molecular formula is C21H30N4O3. The minimum absolute atomic E-state index is 0.0263. The monoisotopic (exact) mass is 386 g/mol. The Labute approximate surface area is 166 Å². The highest BCUT2D eigenvalue weighted by atomic mass is 16.5. The number of aryl methyl sites for hydroxylation is 1. The van der Waals surface area contributed by atoms with Crippen molar-refractivity contribution in [1.29, 1.82) is 0 Å². The van der Waals surface area contributed by atoms with Crippen LogP contribution in [0.4, 0.5) is 4.79 Å². The van der Waals surface area contributed by atoms with Crippen molar-refractivity contribution in [2.24, 2.45) is 0 Å². The van der Waals surface area contributed by atoms with E-state index in [1.165, 1.54) is 0 Å². The van der Waals surface area contributed by atoms with Crippen LogP contribution >= 0.6 is 0 Å². The van der Waals surface area contributed by atoms with E-state index in [4.69, 9.17) is 9.47 Å². The molecule has 0 bridgehead atoms. The summed E-state index contributed by atoms with van der Waals surface area (Å²) in [5.74, 6) is 0.891. The van der Waals surface area contributed by atoms with Crippen molar-refractivity contribution >= 4 is 6.03 Å². The van der Waals surface area contributed by atoms with Gasteiger partial charge in [0.05, 0.1) is 18.8 Å². The van der Waals surface area contributed by atoms with Gasteiger partial charge in [0.15, 0.2) is 0 Å². The number of likely N-dealkylation sites (tertiary alicyclic amines) is 1. The summed E-state index contributed by atoms with van der Waals surface area (Å²) in [7, 11) is 1.68. The van der Waals surface area contributed by atoms with Gasteiger partial charge in [0.1, 0.15) is 11.9 Å². The Morgan fingerprint density at radius 1 is 1.21 bits per heavy atom. The maximum atomic E-state index is 12.6. The van der Waals surface area contributed by atoms with Crippen LogP contribution in [0, 0.1) is 13.8 Å². The van der Waals surface area contributed by atoms with Crippen molar-refractivity contribution in [3.63, 3.8) is 0 Å². The lowest BCUT2D eigenvalue weighted by atomic mass is 10.1. The summed E-state index contributed by atoms with van der Waals surface area (Å²) in [6, 6.07) is 9.83. The third-order valence-corrected chi connectivity index (χ3v) is 5.23. The van der Waals surface area contributed by atoms with Gasteiger partial charge < -0.3 is 19.7 Å². The number of benzene rings is 1. The molecule has 0 unspecified atom stereocenters. The lowest BCUT2D eigenvalue weighted by Gasteiger charge is -2.32. The molecular weight excluding hydrogens is 356 g/mol. The molecule has 2 aromatic rings. The largest absolute Gasteiger partial charge is 0.490 e. The van der Waals surface area contributed by atoms with E-state index in [0.717, 1.165) is 35.5 Å². The molecule has 1 N–H and O–H groups in total. The standard InChI is InChI=1S/C21H30N4O3/c1-16-20(17(2)25(23-16)13-14-27-3)15-22-21(26)24-11-9-19(10-12-24)28-18-7-5-4-6-8-18/h4-8,19H,9-15H2,1-3H3,(H,22,26). The van der Waals surface area contributed by atoms with Gasteiger partial charge in [0, 0.05) is 50.8 Å². The molecule has 152 valence electrons. The van der Waals surface area contributed by atoms with Crippen LogP contribution in [-0.2, 0) is 17.8 Å². The van der Waals surface area contributed by atoms with Crippen LogP contribution in [0.15, 0.2) is 30.3 Å². The first-order valence-corrected chi connectivity index (χ1v) is 9.84. The van der Waals surface area contributed by atoms with Gasteiger partial charge in [-0.2, -0.15) is 5.10 Å². The van der Waals surface area contributed by atoms with Crippen molar-refractivity contribution in [3.05, 3.63) is 47.3 Å². The van der Waals surface area contributed by atoms with Crippen molar-refractivity contribution < 1.29 is 14.3 Å². The molecule has 1 saturated heterocycles. The van der Waals surface area contributed by atoms with Gasteiger partial charge in [-0.25, -0.2) is 4.79 Å². The smallest absolute Gasteiger partial charge is 0.317 e. The molecule has 0 spiro atoms. The Kier molecular flexibility index (Phi) is 6.92. The van der Waals surface area contributed by atoms with Gasteiger partial charge >= 0.3 is 6.03 Å². The number of rotatable bonds is 7. The number of piperidine rings is 1. The summed E-state index contributed by atoms with van der Waals surface area (Å²) in [6.07, 6.45) is 1.85. The van der Waals surface area contributed by atoms with Crippen molar-refractivity contribution in [1.82, 2.24) is 20.0 Å². The first kappa shape index (κ1) is 20.2. The lowest BCUT2D eigenvalue weighted by Crippen LogP contribution is -2.46. The average molecular weight is 386 g/mol. The number of nitrogens with zero attached hydrogens (tertiary/aromatic N) is 3. The van der Waals surface area contributed by atoms with E-state index in [1.54, 1.807) is 7.11 Å². The van der Waals surface area contributed by atoms with E-state index < -0.39 is 0 Å². The molecule has 7 heteroatoms. The van der Waals surface area contributed by atoms with Crippen LogP contribution in [0.3, 0.4) is 0 Å². The number of aromatic nitrogens is 2. The predicted octanol–water partition coefficient (Wildman–Crippen LogP) is 2.90. The van der Waals surface area contributed by atoms with Crippen LogP contribution in [0.1, 0.15) is 29.8 Å². The molecule has 1 aromatic carbocycles. The van der Waals surface area contributed by atoms with E-state index in [1.807, 2.05) is 53.8 Å². The lowest BCUT2D eigenvalue weighted by molar-refractivity contribution is 0.111. The normalized spacial score (nSPS) is 14.9. The summed E-state index contributed by atoms with van der Waals surface area (Å²) in [5.41, 5.74) is 3.10. The number of carbonyl (C=O) groups excluding carboxylic acids is 1. The molecule has 1 aliphatic rings. The van der Waals surface area contributed by atoms with E-state index >= 15 is 0 Å². The van der Waals surface area contributed by atoms with Crippen LogP contribution in [0.5, 0.6) is 5.75 Å². The predicted molar refractivity (Wildman–Crippen MR) is 107 cm³/mol. The number of para-hydroxylation sites is 1. The van der Waals surface area contributed by atoms with Gasteiger partial charge in [0.25, 0.3) is 0 Å². The molecule has 0 saturated carbocycles. The fraction of sp³-hybridized carbons (Fsp3) is 0.524. The SMILES string of the molecule is COCCn1nc(C)c(CNC(=O)N2CCC(Oc3ccccc3)CC2)c1C. The zero-order chi connectivity index (χ0) is 19.9. The van der Waals surface area contributed by atoms with Gasteiger partial charge in [0.2, 0.25) is 0 Å². The first-order chi connectivity index (χ1) is 13.6. The second-order valence-electron chi connectivity index (χ2n) is 7.14. The minimum Gasteiger partial charge on any atom is -0.490 e. The second kappa shape index (κ2) is 9.59. The molecule has 2 heterocycles. The molecule has 2 amide bonds. The molecule has 3 rings (SSSR count). The summed E-state index contributed by atoms with van der Waals surface area (Å²) in [5, 5.41) is 7.59. The second-order valence-corrected chi connectivity index (χ2v) is 7.14. The number of methoxy groups -OCH3 is 1. The van der Waals surface area contributed by atoms with Crippen LogP contribution in [-0.4, -0.2) is 53.6 Å². The summed E-state index contributed by atoms with van der Waals surface area (Å²) in [6.45, 7) is 7.24. The highest BCUT2D eigenvalue weighted by Gasteiger charge is 2.24. The van der Waals surface area contributed by atoms with Gasteiger partial charge in [-0.05, 0) is 26.0 Å². The van der Waals surface area contributed by atoms with Gasteiger partial charge in [-0.3, -0.25) is 4.68 Å². The highest BCUT2D eigenvalue weighted by Crippen LogP contribution is 2.19. The molecule has 1 aromatic heterocycles. The zero-order valence-corrected chi connectivity index (χ0v) is 17.0. The van der Waals surface area contributed by atoms with E-state index in [2.05, 4.69) is 10.4 Å². The number of hydrogen-bond acceptors (Lipinski definition) is 4. The van der Waals surface area contributed by atoms with E-state index in [9.17, 15) is 4.79 Å². The fourth-order valence-corrected chi connectivity index (χ4v) is 3.53. The number of nitrogens with one attached hydrogen (secondary N) is 1. The van der Waals surface area contributed by atoms with Crippen LogP contribution < -0.4 is 10.1 Å². The zero-order valence-electron chi connectivity index (χ0n) is 17.0. The Bertz CT molecular complexity index is 767. The number of carbonyl (C=O) groups is 1. The summed E-state index contributed by atoms with van der Waals surface area (Å²) in [4.78, 5) is 14.4. The molecule has 0 atom stereocenters.